The predicted octanol–water partition coefficient (Wildman–Crippen LogP) is 2.59. The zero-order chi connectivity index (χ0) is 6.85. The molecule has 1 aromatic heterocycles. The summed E-state index contributed by atoms with van der Waals surface area (Å²) in [6.45, 7) is 8.06. The molecular weight excluding hydrogens is 112 g/mol. The van der Waals surface area contributed by atoms with Gasteiger partial charge in [0.25, 0.3) is 0 Å². The molecule has 1 radical (unpaired) electrons. The molecule has 0 fully saturated rings. The van der Waals surface area contributed by atoms with Gasteiger partial charge in [0, 0.05) is 0 Å². The average Bonchev–Trinajstić information content (AvgIpc) is 2.13. The van der Waals surface area contributed by atoms with Gasteiger partial charge in [-0.15, -0.1) is 0 Å². The fourth-order valence-corrected chi connectivity index (χ4v) is 0.840. The highest BCUT2D eigenvalue weighted by atomic mass is 16.3. The average molecular weight is 123 g/mol. The minimum atomic E-state index is 0.524. The molecule has 0 unspecified atom stereocenters. The first-order valence-electron chi connectivity index (χ1n) is 3.10. The highest BCUT2D eigenvalue weighted by Gasteiger charge is 2.03. The molecule has 1 aromatic rings. The molecule has 9 heavy (non-hydrogen) atoms. The maximum atomic E-state index is 4.94. The van der Waals surface area contributed by atoms with Gasteiger partial charge in [-0.1, -0.05) is 13.8 Å². The molecule has 1 nitrogen and oxygen atoms in total. The van der Waals surface area contributed by atoms with E-state index in [-0.39, 0.29) is 0 Å². The van der Waals surface area contributed by atoms with Crippen molar-refractivity contribution in [1.29, 1.82) is 0 Å². The van der Waals surface area contributed by atoms with E-state index in [0.29, 0.717) is 5.92 Å². The SMILES string of the molecule is [CH2]c1cocc1C(C)C. The van der Waals surface area contributed by atoms with E-state index in [9.17, 15) is 0 Å². The molecule has 1 heterocycles. The molecule has 0 aliphatic rings. The molecule has 0 saturated heterocycles. The minimum Gasteiger partial charge on any atom is -0.472 e. The Bertz CT molecular complexity index is 186. The Kier molecular flexibility index (Phi) is 1.60. The van der Waals surface area contributed by atoms with Crippen LogP contribution in [0.4, 0.5) is 0 Å². The summed E-state index contributed by atoms with van der Waals surface area (Å²) in [5, 5.41) is 0. The molecule has 0 bridgehead atoms. The Morgan fingerprint density at radius 3 is 2.33 bits per heavy atom. The first-order valence-corrected chi connectivity index (χ1v) is 3.10. The fourth-order valence-electron chi connectivity index (χ4n) is 0.840. The Morgan fingerprint density at radius 2 is 2.11 bits per heavy atom. The van der Waals surface area contributed by atoms with E-state index in [1.165, 1.54) is 5.56 Å². The highest BCUT2D eigenvalue weighted by Crippen LogP contribution is 2.18. The van der Waals surface area contributed by atoms with Crippen LogP contribution in [-0.2, 0) is 0 Å². The van der Waals surface area contributed by atoms with Crippen LogP contribution in [0.2, 0.25) is 0 Å². The molecule has 0 spiro atoms. The van der Waals surface area contributed by atoms with Gasteiger partial charge in [-0.2, -0.15) is 0 Å². The summed E-state index contributed by atoms with van der Waals surface area (Å²) in [6.07, 6.45) is 3.43. The van der Waals surface area contributed by atoms with Crippen molar-refractivity contribution < 1.29 is 4.42 Å². The van der Waals surface area contributed by atoms with Crippen molar-refractivity contribution in [2.45, 2.75) is 19.8 Å². The number of hydrogen-bond acceptors (Lipinski definition) is 1. The van der Waals surface area contributed by atoms with Gasteiger partial charge in [-0.3, -0.25) is 0 Å². The number of rotatable bonds is 1. The molecule has 0 aliphatic carbocycles. The van der Waals surface area contributed by atoms with Crippen molar-refractivity contribution in [3.63, 3.8) is 0 Å². The molecule has 0 N–H and O–H groups in total. The van der Waals surface area contributed by atoms with Crippen LogP contribution in [0, 0.1) is 6.92 Å². The van der Waals surface area contributed by atoms with Gasteiger partial charge in [0.15, 0.2) is 0 Å². The smallest absolute Gasteiger partial charge is 0.0940 e. The van der Waals surface area contributed by atoms with Crippen LogP contribution in [-0.4, -0.2) is 0 Å². The van der Waals surface area contributed by atoms with Crippen LogP contribution in [0.5, 0.6) is 0 Å². The summed E-state index contributed by atoms with van der Waals surface area (Å²) >= 11 is 0. The van der Waals surface area contributed by atoms with E-state index in [1.807, 2.05) is 0 Å². The van der Waals surface area contributed by atoms with Crippen LogP contribution in [0.15, 0.2) is 16.9 Å². The lowest BCUT2D eigenvalue weighted by molar-refractivity contribution is 0.561. The van der Waals surface area contributed by atoms with Gasteiger partial charge >= 0.3 is 0 Å². The quantitative estimate of drug-likeness (QED) is 0.559. The Labute approximate surface area is 55.7 Å². The van der Waals surface area contributed by atoms with Crippen molar-refractivity contribution in [1.82, 2.24) is 0 Å². The van der Waals surface area contributed by atoms with Crippen molar-refractivity contribution >= 4 is 0 Å². The molecule has 0 aliphatic heterocycles. The fraction of sp³-hybridized carbons (Fsp3) is 0.375. The number of furan rings is 1. The second kappa shape index (κ2) is 2.26. The zero-order valence-electron chi connectivity index (χ0n) is 5.85. The first-order chi connectivity index (χ1) is 4.22. The summed E-state index contributed by atoms with van der Waals surface area (Å²) < 4.78 is 4.94. The van der Waals surface area contributed by atoms with Crippen molar-refractivity contribution in [2.24, 2.45) is 0 Å². The van der Waals surface area contributed by atoms with Crippen LogP contribution in [0.1, 0.15) is 30.9 Å². The standard InChI is InChI=1S/C8H11O/c1-6(2)8-5-9-4-7(8)3/h4-6H,3H2,1-2H3. The monoisotopic (exact) mass is 123 g/mol. The second-order valence-corrected chi connectivity index (χ2v) is 2.51. The summed E-state index contributed by atoms with van der Waals surface area (Å²) in [5.74, 6) is 0.524. The molecular formula is C8H11O. The summed E-state index contributed by atoms with van der Waals surface area (Å²) in [7, 11) is 0. The van der Waals surface area contributed by atoms with Crippen LogP contribution in [0.25, 0.3) is 0 Å². The molecule has 1 rings (SSSR count). The van der Waals surface area contributed by atoms with Crippen LogP contribution < -0.4 is 0 Å². The Balaban J connectivity index is 2.94. The Morgan fingerprint density at radius 1 is 1.44 bits per heavy atom. The lowest BCUT2D eigenvalue weighted by Gasteiger charge is -1.99. The van der Waals surface area contributed by atoms with E-state index in [1.54, 1.807) is 12.5 Å². The molecule has 0 aromatic carbocycles. The van der Waals surface area contributed by atoms with Crippen molar-refractivity contribution in [2.75, 3.05) is 0 Å². The minimum absolute atomic E-state index is 0.524. The van der Waals surface area contributed by atoms with Gasteiger partial charge in [0.05, 0.1) is 12.5 Å². The molecule has 0 saturated carbocycles. The normalized spacial score (nSPS) is 10.7. The van der Waals surface area contributed by atoms with Gasteiger partial charge in [0.1, 0.15) is 0 Å². The van der Waals surface area contributed by atoms with Gasteiger partial charge in [-0.25, -0.2) is 0 Å². The number of hydrogen-bond donors (Lipinski definition) is 0. The van der Waals surface area contributed by atoms with E-state index >= 15 is 0 Å². The van der Waals surface area contributed by atoms with Gasteiger partial charge < -0.3 is 4.42 Å². The lowest BCUT2D eigenvalue weighted by atomic mass is 10.0. The third kappa shape index (κ3) is 1.15. The summed E-state index contributed by atoms with van der Waals surface area (Å²) in [5.41, 5.74) is 2.21. The van der Waals surface area contributed by atoms with E-state index in [4.69, 9.17) is 4.42 Å². The predicted molar refractivity (Wildman–Crippen MR) is 37.3 cm³/mol. The topological polar surface area (TPSA) is 13.1 Å². The third-order valence-corrected chi connectivity index (χ3v) is 1.40. The molecule has 1 heteroatoms. The van der Waals surface area contributed by atoms with E-state index in [0.717, 1.165) is 5.56 Å². The zero-order valence-corrected chi connectivity index (χ0v) is 5.85. The molecule has 49 valence electrons. The van der Waals surface area contributed by atoms with E-state index < -0.39 is 0 Å². The van der Waals surface area contributed by atoms with Crippen molar-refractivity contribution in [3.8, 4) is 0 Å². The first kappa shape index (κ1) is 6.40. The third-order valence-electron chi connectivity index (χ3n) is 1.40. The maximum Gasteiger partial charge on any atom is 0.0940 e. The van der Waals surface area contributed by atoms with E-state index in [2.05, 4.69) is 20.8 Å². The van der Waals surface area contributed by atoms with Gasteiger partial charge in [0.2, 0.25) is 0 Å². The van der Waals surface area contributed by atoms with Crippen LogP contribution in [0.3, 0.4) is 0 Å². The van der Waals surface area contributed by atoms with Crippen molar-refractivity contribution in [3.05, 3.63) is 30.6 Å². The summed E-state index contributed by atoms with van der Waals surface area (Å²) in [4.78, 5) is 0. The Hall–Kier alpha value is -0.720. The largest absolute Gasteiger partial charge is 0.472 e. The molecule has 0 atom stereocenters. The molecule has 0 amide bonds. The van der Waals surface area contributed by atoms with Gasteiger partial charge in [-0.05, 0) is 24.0 Å². The highest BCUT2D eigenvalue weighted by molar-refractivity contribution is 5.26. The lowest BCUT2D eigenvalue weighted by Crippen LogP contribution is -1.84. The second-order valence-electron chi connectivity index (χ2n) is 2.51. The summed E-state index contributed by atoms with van der Waals surface area (Å²) in [6, 6.07) is 0. The maximum absolute atomic E-state index is 4.94. The van der Waals surface area contributed by atoms with Crippen LogP contribution >= 0.6 is 0 Å².